The van der Waals surface area contributed by atoms with Crippen molar-refractivity contribution in [1.82, 2.24) is 0 Å². The average Bonchev–Trinajstić information content (AvgIpc) is 2.77. The third kappa shape index (κ3) is 5.12. The number of unbranched alkanes of at least 4 members (excludes halogenated alkanes) is 2. The summed E-state index contributed by atoms with van der Waals surface area (Å²) in [5, 5.41) is 0. The van der Waals surface area contributed by atoms with E-state index in [2.05, 4.69) is 26.0 Å². The number of halogens is 1. The molecule has 3 aliphatic rings. The largest absolute Gasteiger partial charge is 0.378 e. The lowest BCUT2D eigenvalue weighted by Crippen LogP contribution is -2.34. The first-order chi connectivity index (χ1) is 14.7. The van der Waals surface area contributed by atoms with Crippen molar-refractivity contribution in [1.29, 1.82) is 0 Å². The minimum atomic E-state index is 0.166. The van der Waals surface area contributed by atoms with E-state index < -0.39 is 0 Å². The molecule has 1 aromatic carbocycles. The number of hydrogen-bond acceptors (Lipinski definition) is 1. The highest BCUT2D eigenvalue weighted by molar-refractivity contribution is 5.38. The van der Waals surface area contributed by atoms with Gasteiger partial charge in [-0.1, -0.05) is 51.7 Å². The summed E-state index contributed by atoms with van der Waals surface area (Å²) in [7, 11) is 0. The Morgan fingerprint density at radius 3 is 2.60 bits per heavy atom. The number of fused-ring (bicyclic) bond motifs is 2. The molecular weight excluding hydrogens is 371 g/mol. The monoisotopic (exact) mass is 414 g/mol. The second-order valence-corrected chi connectivity index (χ2v) is 10.5. The molecule has 4 rings (SSSR count). The maximum atomic E-state index is 15.5. The fourth-order valence-corrected chi connectivity index (χ4v) is 6.75. The summed E-state index contributed by atoms with van der Waals surface area (Å²) < 4.78 is 21.7. The third-order valence-corrected chi connectivity index (χ3v) is 8.48. The summed E-state index contributed by atoms with van der Waals surface area (Å²) in [6, 6.07) is 4.44. The molecule has 0 amide bonds. The summed E-state index contributed by atoms with van der Waals surface area (Å²) in [5.41, 5.74) is 3.40. The summed E-state index contributed by atoms with van der Waals surface area (Å²) in [6.45, 7) is 5.46. The molecule has 2 saturated carbocycles. The molecule has 5 atom stereocenters. The predicted octanol–water partition coefficient (Wildman–Crippen LogP) is 7.99. The number of ether oxygens (including phenoxy) is 1. The molecule has 5 unspecified atom stereocenters. The Morgan fingerprint density at radius 2 is 1.77 bits per heavy atom. The van der Waals surface area contributed by atoms with E-state index in [1.807, 2.05) is 0 Å². The molecule has 2 heteroatoms. The van der Waals surface area contributed by atoms with Crippen LogP contribution in [0.1, 0.15) is 114 Å². The van der Waals surface area contributed by atoms with E-state index in [9.17, 15) is 0 Å². The van der Waals surface area contributed by atoms with Gasteiger partial charge in [0.2, 0.25) is 0 Å². The van der Waals surface area contributed by atoms with Gasteiger partial charge in [0.25, 0.3) is 0 Å². The van der Waals surface area contributed by atoms with Crippen LogP contribution in [0.25, 0.3) is 0 Å². The lowest BCUT2D eigenvalue weighted by molar-refractivity contribution is -0.0164. The highest BCUT2D eigenvalue weighted by atomic mass is 19.1. The molecule has 0 spiro atoms. The molecule has 1 nitrogen and oxygen atoms in total. The lowest BCUT2D eigenvalue weighted by atomic mass is 9.65. The molecule has 0 saturated heterocycles. The number of benzene rings is 1. The zero-order chi connectivity index (χ0) is 20.9. The van der Waals surface area contributed by atoms with Gasteiger partial charge in [-0.3, -0.25) is 0 Å². The van der Waals surface area contributed by atoms with E-state index in [1.54, 1.807) is 0 Å². The van der Waals surface area contributed by atoms with E-state index in [0.29, 0.717) is 12.0 Å². The van der Waals surface area contributed by atoms with E-state index in [-0.39, 0.29) is 5.82 Å². The van der Waals surface area contributed by atoms with Crippen molar-refractivity contribution in [2.45, 2.75) is 116 Å². The maximum Gasteiger partial charge on any atom is 0.130 e. The van der Waals surface area contributed by atoms with Gasteiger partial charge < -0.3 is 4.74 Å². The van der Waals surface area contributed by atoms with Crippen molar-refractivity contribution in [2.75, 3.05) is 6.61 Å². The first-order valence-corrected chi connectivity index (χ1v) is 13.1. The zero-order valence-electron chi connectivity index (χ0n) is 19.4. The van der Waals surface area contributed by atoms with Gasteiger partial charge in [0.05, 0.1) is 6.10 Å². The van der Waals surface area contributed by atoms with Crippen LogP contribution in [0.4, 0.5) is 4.39 Å². The van der Waals surface area contributed by atoms with Crippen molar-refractivity contribution >= 4 is 0 Å². The van der Waals surface area contributed by atoms with Gasteiger partial charge in [-0.2, -0.15) is 0 Å². The van der Waals surface area contributed by atoms with Crippen LogP contribution in [0.2, 0.25) is 0 Å². The number of hydrogen-bond donors (Lipinski definition) is 0. The third-order valence-electron chi connectivity index (χ3n) is 8.48. The summed E-state index contributed by atoms with van der Waals surface area (Å²) in [4.78, 5) is 0. The average molecular weight is 415 g/mol. The van der Waals surface area contributed by atoms with Gasteiger partial charge in [-0.05, 0) is 105 Å². The Labute approximate surface area is 184 Å². The van der Waals surface area contributed by atoms with Gasteiger partial charge in [0.1, 0.15) is 5.82 Å². The molecule has 168 valence electrons. The van der Waals surface area contributed by atoms with Crippen LogP contribution < -0.4 is 0 Å². The Kier molecular flexibility index (Phi) is 7.90. The van der Waals surface area contributed by atoms with Gasteiger partial charge >= 0.3 is 0 Å². The molecule has 30 heavy (non-hydrogen) atoms. The van der Waals surface area contributed by atoms with Gasteiger partial charge in [0.15, 0.2) is 0 Å². The van der Waals surface area contributed by atoms with Crippen LogP contribution in [-0.4, -0.2) is 12.7 Å². The van der Waals surface area contributed by atoms with Gasteiger partial charge in [0, 0.05) is 6.61 Å². The summed E-state index contributed by atoms with van der Waals surface area (Å²) >= 11 is 0. The Bertz CT molecular complexity index is 683. The van der Waals surface area contributed by atoms with Crippen LogP contribution in [0.5, 0.6) is 0 Å². The van der Waals surface area contributed by atoms with Gasteiger partial charge in [-0.25, -0.2) is 4.39 Å². The SMILES string of the molecule is CCCCCOC1CCC2CC(c3ccc4c(c3F)CCC(CCC)C4)CCC2C1. The van der Waals surface area contributed by atoms with Crippen LogP contribution >= 0.6 is 0 Å². The fraction of sp³-hybridized carbons (Fsp3) is 0.786. The smallest absolute Gasteiger partial charge is 0.130 e. The standard InChI is InChI=1S/C28H43FO/c1-3-5-6-16-30-25-13-11-21-18-24(10-9-22(21)19-25)27-15-12-23-17-20(7-4-2)8-14-26(23)28(27)29/h12,15,20-22,24-25H,3-11,13-14,16-19H2,1-2H3. The minimum Gasteiger partial charge on any atom is -0.378 e. The first-order valence-electron chi connectivity index (χ1n) is 13.1. The molecule has 0 bridgehead atoms. The van der Waals surface area contributed by atoms with Crippen molar-refractivity contribution in [3.8, 4) is 0 Å². The number of rotatable bonds is 8. The summed E-state index contributed by atoms with van der Waals surface area (Å²) in [5.74, 6) is 2.96. The van der Waals surface area contributed by atoms with E-state index in [1.165, 1.54) is 76.2 Å². The molecule has 1 aromatic rings. The molecule has 2 fully saturated rings. The minimum absolute atomic E-state index is 0.166. The van der Waals surface area contributed by atoms with Crippen LogP contribution in [0.3, 0.4) is 0 Å². The topological polar surface area (TPSA) is 9.23 Å². The van der Waals surface area contributed by atoms with Crippen LogP contribution in [0, 0.1) is 23.6 Å². The molecule has 3 aliphatic carbocycles. The molecule has 0 heterocycles. The molecule has 0 aliphatic heterocycles. The molecule has 0 aromatic heterocycles. The Balaban J connectivity index is 1.34. The fourth-order valence-electron chi connectivity index (χ4n) is 6.75. The van der Waals surface area contributed by atoms with E-state index in [0.717, 1.165) is 54.7 Å². The molecule has 0 radical (unpaired) electrons. The Morgan fingerprint density at radius 1 is 0.933 bits per heavy atom. The highest BCUT2D eigenvalue weighted by Gasteiger charge is 2.37. The quantitative estimate of drug-likeness (QED) is 0.392. The van der Waals surface area contributed by atoms with E-state index in [4.69, 9.17) is 4.74 Å². The van der Waals surface area contributed by atoms with Crippen molar-refractivity contribution in [3.63, 3.8) is 0 Å². The second-order valence-electron chi connectivity index (χ2n) is 10.5. The second kappa shape index (κ2) is 10.6. The van der Waals surface area contributed by atoms with Gasteiger partial charge in [-0.15, -0.1) is 0 Å². The predicted molar refractivity (Wildman–Crippen MR) is 124 cm³/mol. The van der Waals surface area contributed by atoms with Crippen LogP contribution in [-0.2, 0) is 17.6 Å². The maximum absolute atomic E-state index is 15.5. The van der Waals surface area contributed by atoms with Crippen LogP contribution in [0.15, 0.2) is 12.1 Å². The zero-order valence-corrected chi connectivity index (χ0v) is 19.4. The van der Waals surface area contributed by atoms with Crippen molar-refractivity contribution in [3.05, 3.63) is 34.6 Å². The van der Waals surface area contributed by atoms with Crippen molar-refractivity contribution in [2.24, 2.45) is 17.8 Å². The van der Waals surface area contributed by atoms with Crippen molar-refractivity contribution < 1.29 is 9.13 Å². The molecule has 0 N–H and O–H groups in total. The normalized spacial score (nSPS) is 31.2. The molecular formula is C28H43FO. The van der Waals surface area contributed by atoms with E-state index >= 15 is 4.39 Å². The first kappa shape index (κ1) is 22.3. The highest BCUT2D eigenvalue weighted by Crippen LogP contribution is 2.47. The lowest BCUT2D eigenvalue weighted by Gasteiger charge is -2.42. The Hall–Kier alpha value is -0.890. The summed E-state index contributed by atoms with van der Waals surface area (Å²) in [6.07, 6.45) is 17.4.